The van der Waals surface area contributed by atoms with Crippen LogP contribution in [0.3, 0.4) is 0 Å². The highest BCUT2D eigenvalue weighted by molar-refractivity contribution is 9.11. The third kappa shape index (κ3) is 3.71. The van der Waals surface area contributed by atoms with Crippen molar-refractivity contribution in [3.8, 4) is 5.06 Å². The van der Waals surface area contributed by atoms with Crippen molar-refractivity contribution >= 4 is 44.9 Å². The summed E-state index contributed by atoms with van der Waals surface area (Å²) in [5.41, 5.74) is 5.42. The van der Waals surface area contributed by atoms with Gasteiger partial charge in [-0.2, -0.15) is 0 Å². The molecule has 0 atom stereocenters. The number of nitrogen functional groups attached to an aromatic ring is 1. The molecule has 1 rings (SSSR count). The van der Waals surface area contributed by atoms with Crippen LogP contribution in [-0.4, -0.2) is 17.5 Å². The van der Waals surface area contributed by atoms with Crippen molar-refractivity contribution < 1.29 is 19.1 Å². The van der Waals surface area contributed by atoms with Crippen LogP contribution in [-0.2, 0) is 9.53 Å². The summed E-state index contributed by atoms with van der Waals surface area (Å²) >= 11 is 4.27. The molecule has 0 aliphatic rings. The monoisotopic (exact) mass is 335 g/mol. The molecule has 100 valence electrons. The van der Waals surface area contributed by atoms with Crippen molar-refractivity contribution in [2.24, 2.45) is 0 Å². The minimum Gasteiger partial charge on any atom is -0.456 e. The Morgan fingerprint density at radius 2 is 1.89 bits per heavy atom. The molecule has 2 N–H and O–H groups in total. The summed E-state index contributed by atoms with van der Waals surface area (Å²) in [6.45, 7) is 6.48. The fourth-order valence-electron chi connectivity index (χ4n) is 1.12. The Labute approximate surface area is 117 Å². The predicted octanol–water partition coefficient (Wildman–Crippen LogP) is 2.97. The summed E-state index contributed by atoms with van der Waals surface area (Å²) in [5.74, 6) is -1.13. The van der Waals surface area contributed by atoms with E-state index in [0.717, 1.165) is 11.3 Å². The Morgan fingerprint density at radius 1 is 1.33 bits per heavy atom. The van der Waals surface area contributed by atoms with Gasteiger partial charge in [0.05, 0.1) is 9.47 Å². The van der Waals surface area contributed by atoms with Crippen molar-refractivity contribution in [3.05, 3.63) is 9.35 Å². The summed E-state index contributed by atoms with van der Waals surface area (Å²) in [6.07, 6.45) is 0. The summed E-state index contributed by atoms with van der Waals surface area (Å²) in [4.78, 5) is 23.0. The van der Waals surface area contributed by atoms with Crippen LogP contribution in [0.15, 0.2) is 3.79 Å². The van der Waals surface area contributed by atoms with E-state index in [1.165, 1.54) is 6.92 Å². The summed E-state index contributed by atoms with van der Waals surface area (Å²) in [5, 5.41) is 0.140. The summed E-state index contributed by atoms with van der Waals surface area (Å²) < 4.78 is 10.7. The average molecular weight is 336 g/mol. The van der Waals surface area contributed by atoms with E-state index in [4.69, 9.17) is 15.2 Å². The number of esters is 2. The van der Waals surface area contributed by atoms with Gasteiger partial charge >= 0.3 is 11.9 Å². The van der Waals surface area contributed by atoms with Crippen molar-refractivity contribution in [1.29, 1.82) is 0 Å². The molecule has 0 amide bonds. The number of rotatable bonds is 2. The quantitative estimate of drug-likeness (QED) is 0.840. The highest BCUT2D eigenvalue weighted by Crippen LogP contribution is 2.42. The lowest BCUT2D eigenvalue weighted by atomic mass is 10.2. The number of ether oxygens (including phenoxy) is 2. The molecule has 18 heavy (non-hydrogen) atoms. The van der Waals surface area contributed by atoms with Crippen molar-refractivity contribution in [2.75, 3.05) is 5.73 Å². The molecule has 0 unspecified atom stereocenters. The lowest BCUT2D eigenvalue weighted by molar-refractivity contribution is -0.131. The molecule has 0 bridgehead atoms. The molecule has 0 aliphatic carbocycles. The number of halogens is 1. The lowest BCUT2D eigenvalue weighted by Gasteiger charge is -2.19. The third-order valence-electron chi connectivity index (χ3n) is 1.71. The van der Waals surface area contributed by atoms with Gasteiger partial charge < -0.3 is 15.2 Å². The molecular formula is C11H14BrNO4S. The number of hydrogen-bond acceptors (Lipinski definition) is 6. The molecule has 7 heteroatoms. The van der Waals surface area contributed by atoms with E-state index < -0.39 is 17.5 Å². The van der Waals surface area contributed by atoms with Crippen LogP contribution in [0.2, 0.25) is 0 Å². The number of carbonyl (C=O) groups is 2. The highest BCUT2D eigenvalue weighted by atomic mass is 79.9. The fourth-order valence-corrected chi connectivity index (χ4v) is 2.59. The first-order valence-electron chi connectivity index (χ1n) is 5.11. The molecule has 1 heterocycles. The van der Waals surface area contributed by atoms with Crippen LogP contribution in [0.25, 0.3) is 0 Å². The number of anilines is 1. The molecule has 0 fully saturated rings. The van der Waals surface area contributed by atoms with Crippen LogP contribution in [0.1, 0.15) is 38.1 Å². The van der Waals surface area contributed by atoms with Gasteiger partial charge in [-0.1, -0.05) is 11.3 Å². The van der Waals surface area contributed by atoms with Gasteiger partial charge in [0.1, 0.15) is 11.2 Å². The Balaban J connectivity index is 3.13. The van der Waals surface area contributed by atoms with Gasteiger partial charge in [0.15, 0.2) is 0 Å². The molecular weight excluding hydrogens is 322 g/mol. The third-order valence-corrected chi connectivity index (χ3v) is 3.49. The van der Waals surface area contributed by atoms with E-state index in [1.54, 1.807) is 20.8 Å². The second-order valence-corrected chi connectivity index (χ2v) is 6.85. The standard InChI is InChI=1S/C11H14BrNO4S/c1-5(14)16-10-6(7(13)8(12)18-10)9(15)17-11(2,3)4/h13H2,1-4H3. The minimum atomic E-state index is -0.647. The van der Waals surface area contributed by atoms with Crippen molar-refractivity contribution in [1.82, 2.24) is 0 Å². The Hall–Kier alpha value is -1.08. The fraction of sp³-hybridized carbons (Fsp3) is 0.455. The summed E-state index contributed by atoms with van der Waals surface area (Å²) in [6, 6.07) is 0. The van der Waals surface area contributed by atoms with E-state index in [1.807, 2.05) is 0 Å². The Morgan fingerprint density at radius 3 is 2.33 bits per heavy atom. The molecule has 0 radical (unpaired) electrons. The van der Waals surface area contributed by atoms with Crippen LogP contribution < -0.4 is 10.5 Å². The van der Waals surface area contributed by atoms with Crippen LogP contribution in [0.5, 0.6) is 5.06 Å². The van der Waals surface area contributed by atoms with Gasteiger partial charge in [-0.25, -0.2) is 4.79 Å². The van der Waals surface area contributed by atoms with E-state index in [9.17, 15) is 9.59 Å². The predicted molar refractivity (Wildman–Crippen MR) is 72.9 cm³/mol. The zero-order chi connectivity index (χ0) is 14.1. The first-order valence-corrected chi connectivity index (χ1v) is 6.72. The lowest BCUT2D eigenvalue weighted by Crippen LogP contribution is -2.24. The minimum absolute atomic E-state index is 0.0806. The van der Waals surface area contributed by atoms with E-state index in [0.29, 0.717) is 3.79 Å². The second-order valence-electron chi connectivity index (χ2n) is 4.55. The number of hydrogen-bond donors (Lipinski definition) is 1. The SMILES string of the molecule is CC(=O)Oc1sc(Br)c(N)c1C(=O)OC(C)(C)C. The van der Waals surface area contributed by atoms with Gasteiger partial charge in [-0.15, -0.1) is 0 Å². The molecule has 0 saturated heterocycles. The van der Waals surface area contributed by atoms with Gasteiger partial charge in [-0.05, 0) is 36.7 Å². The maximum absolute atomic E-state index is 12.0. The van der Waals surface area contributed by atoms with E-state index in [2.05, 4.69) is 15.9 Å². The zero-order valence-electron chi connectivity index (χ0n) is 10.5. The van der Waals surface area contributed by atoms with E-state index in [-0.39, 0.29) is 16.3 Å². The van der Waals surface area contributed by atoms with Gasteiger partial charge in [0.2, 0.25) is 5.06 Å². The first kappa shape index (κ1) is 15.0. The maximum Gasteiger partial charge on any atom is 0.345 e. The highest BCUT2D eigenvalue weighted by Gasteiger charge is 2.28. The smallest absolute Gasteiger partial charge is 0.345 e. The van der Waals surface area contributed by atoms with Gasteiger partial charge in [0.25, 0.3) is 0 Å². The van der Waals surface area contributed by atoms with Crippen LogP contribution >= 0.6 is 27.3 Å². The number of nitrogens with two attached hydrogens (primary N) is 1. The topological polar surface area (TPSA) is 78.6 Å². The molecule has 0 saturated carbocycles. The molecule has 1 aromatic heterocycles. The molecule has 5 nitrogen and oxygen atoms in total. The zero-order valence-corrected chi connectivity index (χ0v) is 12.9. The normalized spacial score (nSPS) is 11.2. The molecule has 1 aromatic rings. The van der Waals surface area contributed by atoms with Gasteiger partial charge in [0, 0.05) is 6.92 Å². The number of carbonyl (C=O) groups excluding carboxylic acids is 2. The first-order chi connectivity index (χ1) is 8.11. The second kappa shape index (κ2) is 5.27. The van der Waals surface area contributed by atoms with E-state index >= 15 is 0 Å². The molecule has 0 aliphatic heterocycles. The largest absolute Gasteiger partial charge is 0.456 e. The Kier molecular flexibility index (Phi) is 4.39. The molecule has 0 aromatic carbocycles. The van der Waals surface area contributed by atoms with Gasteiger partial charge in [-0.3, -0.25) is 4.79 Å². The van der Waals surface area contributed by atoms with Crippen molar-refractivity contribution in [3.63, 3.8) is 0 Å². The average Bonchev–Trinajstić information content (AvgIpc) is 2.38. The van der Waals surface area contributed by atoms with Crippen LogP contribution in [0, 0.1) is 0 Å². The van der Waals surface area contributed by atoms with Crippen molar-refractivity contribution in [2.45, 2.75) is 33.3 Å². The van der Waals surface area contributed by atoms with Crippen LogP contribution in [0.4, 0.5) is 5.69 Å². The summed E-state index contributed by atoms with van der Waals surface area (Å²) in [7, 11) is 0. The molecule has 0 spiro atoms. The maximum atomic E-state index is 12.0. The number of thiophene rings is 1. The Bertz CT molecular complexity index is 490.